The third kappa shape index (κ3) is 8.03. The molecular weight excluding hydrogens is 572 g/mol. The van der Waals surface area contributed by atoms with E-state index in [1.54, 1.807) is 45.0 Å². The summed E-state index contributed by atoms with van der Waals surface area (Å²) in [6.07, 6.45) is -0.528. The highest BCUT2D eigenvalue weighted by Gasteiger charge is 2.16. The number of likely N-dealkylation sites (N-methyl/N-ethyl adjacent to an activating group) is 1. The first-order chi connectivity index (χ1) is 21.4. The molecule has 0 fully saturated rings. The molecule has 12 heteroatoms. The SMILES string of the molecule is CN(C)CCNC(=O)c1ccc2nc(-c3ccc(-c4nc5ccc(C(=O)NCCNC(=O)OC(C)(C)C)cc5[nH]4)cc3)[nH]c2c1. The van der Waals surface area contributed by atoms with Gasteiger partial charge in [-0.25, -0.2) is 14.8 Å². The van der Waals surface area contributed by atoms with E-state index in [1.165, 1.54) is 0 Å². The summed E-state index contributed by atoms with van der Waals surface area (Å²) in [5.41, 5.74) is 5.26. The summed E-state index contributed by atoms with van der Waals surface area (Å²) in [5.74, 6) is 0.991. The van der Waals surface area contributed by atoms with Gasteiger partial charge in [0, 0.05) is 48.4 Å². The Hall–Kier alpha value is -5.23. The molecule has 0 bridgehead atoms. The largest absolute Gasteiger partial charge is 0.444 e. The van der Waals surface area contributed by atoms with Gasteiger partial charge in [0.1, 0.15) is 17.2 Å². The quantitative estimate of drug-likeness (QED) is 0.147. The predicted molar refractivity (Wildman–Crippen MR) is 174 cm³/mol. The van der Waals surface area contributed by atoms with E-state index >= 15 is 0 Å². The first kappa shape index (κ1) is 31.2. The molecule has 0 radical (unpaired) electrons. The van der Waals surface area contributed by atoms with Crippen molar-refractivity contribution < 1.29 is 19.1 Å². The van der Waals surface area contributed by atoms with Gasteiger partial charge in [0.25, 0.3) is 11.8 Å². The number of carbonyl (C=O) groups is 3. The van der Waals surface area contributed by atoms with Crippen LogP contribution in [-0.2, 0) is 4.74 Å². The summed E-state index contributed by atoms with van der Waals surface area (Å²) in [4.78, 5) is 55.0. The maximum atomic E-state index is 12.7. The monoisotopic (exact) mass is 610 g/mol. The summed E-state index contributed by atoms with van der Waals surface area (Å²) in [6, 6.07) is 18.5. The van der Waals surface area contributed by atoms with Crippen molar-refractivity contribution in [2.75, 3.05) is 40.3 Å². The van der Waals surface area contributed by atoms with Crippen LogP contribution in [-0.4, -0.2) is 88.6 Å². The molecule has 234 valence electrons. The van der Waals surface area contributed by atoms with E-state index in [0.717, 1.165) is 39.7 Å². The van der Waals surface area contributed by atoms with E-state index in [9.17, 15) is 14.4 Å². The van der Waals surface area contributed by atoms with Crippen molar-refractivity contribution in [1.82, 2.24) is 40.8 Å². The van der Waals surface area contributed by atoms with Gasteiger partial charge in [-0.05, 0) is 71.3 Å². The zero-order valence-electron chi connectivity index (χ0n) is 26.1. The van der Waals surface area contributed by atoms with E-state index in [2.05, 4.69) is 30.9 Å². The first-order valence-electron chi connectivity index (χ1n) is 14.7. The van der Waals surface area contributed by atoms with Crippen molar-refractivity contribution in [3.63, 3.8) is 0 Å². The summed E-state index contributed by atoms with van der Waals surface area (Å²) >= 11 is 0. The minimum absolute atomic E-state index is 0.120. The van der Waals surface area contributed by atoms with Crippen LogP contribution in [0.4, 0.5) is 4.79 Å². The number of hydrogen-bond donors (Lipinski definition) is 5. The maximum Gasteiger partial charge on any atom is 0.407 e. The fraction of sp³-hybridized carbons (Fsp3) is 0.303. The minimum atomic E-state index is -0.583. The number of rotatable bonds is 10. The van der Waals surface area contributed by atoms with Gasteiger partial charge < -0.3 is 35.6 Å². The Morgan fingerprint density at radius 1 is 0.711 bits per heavy atom. The summed E-state index contributed by atoms with van der Waals surface area (Å²) in [6.45, 7) is 7.21. The average molecular weight is 611 g/mol. The Kier molecular flexibility index (Phi) is 9.14. The number of H-pyrrole nitrogens is 2. The van der Waals surface area contributed by atoms with Crippen LogP contribution in [0, 0.1) is 0 Å². The van der Waals surface area contributed by atoms with Crippen molar-refractivity contribution in [2.45, 2.75) is 26.4 Å². The molecule has 3 amide bonds. The maximum absolute atomic E-state index is 12.7. The fourth-order valence-electron chi connectivity index (χ4n) is 4.61. The lowest BCUT2D eigenvalue weighted by atomic mass is 10.1. The number of benzene rings is 3. The van der Waals surface area contributed by atoms with E-state index < -0.39 is 11.7 Å². The van der Waals surface area contributed by atoms with Crippen LogP contribution in [0.25, 0.3) is 44.8 Å². The van der Waals surface area contributed by atoms with Crippen molar-refractivity contribution in [3.05, 3.63) is 71.8 Å². The second-order valence-corrected chi connectivity index (χ2v) is 12.0. The van der Waals surface area contributed by atoms with Gasteiger partial charge in [0.2, 0.25) is 0 Å². The number of nitrogens with one attached hydrogen (secondary N) is 5. The number of alkyl carbamates (subject to hydrolysis) is 1. The van der Waals surface area contributed by atoms with Gasteiger partial charge in [-0.15, -0.1) is 0 Å². The molecule has 0 aliphatic rings. The topological polar surface area (TPSA) is 157 Å². The Balaban J connectivity index is 1.21. The molecule has 0 saturated carbocycles. The number of fused-ring (bicyclic) bond motifs is 2. The van der Waals surface area contributed by atoms with Crippen LogP contribution < -0.4 is 16.0 Å². The Labute approximate surface area is 261 Å². The number of amides is 3. The van der Waals surface area contributed by atoms with Crippen LogP contribution in [0.3, 0.4) is 0 Å². The van der Waals surface area contributed by atoms with Crippen LogP contribution >= 0.6 is 0 Å². The number of aromatic nitrogens is 4. The van der Waals surface area contributed by atoms with E-state index in [0.29, 0.717) is 29.3 Å². The number of hydrogen-bond acceptors (Lipinski definition) is 7. The van der Waals surface area contributed by atoms with E-state index in [4.69, 9.17) is 9.72 Å². The second kappa shape index (κ2) is 13.2. The molecular formula is C33H38N8O4. The molecule has 0 spiro atoms. The normalized spacial score (nSPS) is 11.6. The molecule has 0 unspecified atom stereocenters. The highest BCUT2D eigenvalue weighted by Crippen LogP contribution is 2.26. The lowest BCUT2D eigenvalue weighted by Gasteiger charge is -2.19. The van der Waals surface area contributed by atoms with Crippen molar-refractivity contribution in [1.29, 1.82) is 0 Å². The van der Waals surface area contributed by atoms with Crippen molar-refractivity contribution in [3.8, 4) is 22.8 Å². The predicted octanol–water partition coefficient (Wildman–Crippen LogP) is 4.32. The molecule has 2 heterocycles. The zero-order chi connectivity index (χ0) is 32.1. The minimum Gasteiger partial charge on any atom is -0.444 e. The molecule has 2 aromatic heterocycles. The smallest absolute Gasteiger partial charge is 0.407 e. The molecule has 5 N–H and O–H groups in total. The number of nitrogens with zero attached hydrogens (tertiary/aromatic N) is 3. The van der Waals surface area contributed by atoms with Gasteiger partial charge in [-0.1, -0.05) is 24.3 Å². The fourth-order valence-corrected chi connectivity index (χ4v) is 4.61. The second-order valence-electron chi connectivity index (χ2n) is 12.0. The third-order valence-electron chi connectivity index (χ3n) is 6.84. The number of carbonyl (C=O) groups excluding carboxylic acids is 3. The van der Waals surface area contributed by atoms with Gasteiger partial charge in [-0.2, -0.15) is 0 Å². The molecule has 5 aromatic rings. The van der Waals surface area contributed by atoms with E-state index in [-0.39, 0.29) is 24.9 Å². The van der Waals surface area contributed by atoms with Crippen molar-refractivity contribution >= 4 is 40.0 Å². The van der Waals surface area contributed by atoms with Gasteiger partial charge >= 0.3 is 6.09 Å². The lowest BCUT2D eigenvalue weighted by Crippen LogP contribution is -2.37. The summed E-state index contributed by atoms with van der Waals surface area (Å²) < 4.78 is 5.19. The molecule has 0 aliphatic heterocycles. The molecule has 5 rings (SSSR count). The molecule has 3 aromatic carbocycles. The Morgan fingerprint density at radius 3 is 1.64 bits per heavy atom. The molecule has 45 heavy (non-hydrogen) atoms. The highest BCUT2D eigenvalue weighted by molar-refractivity contribution is 5.98. The van der Waals surface area contributed by atoms with Crippen LogP contribution in [0.5, 0.6) is 0 Å². The number of imidazole rings is 2. The summed E-state index contributed by atoms with van der Waals surface area (Å²) in [7, 11) is 3.93. The molecule has 12 nitrogen and oxygen atoms in total. The van der Waals surface area contributed by atoms with Gasteiger partial charge in [0.05, 0.1) is 22.1 Å². The lowest BCUT2D eigenvalue weighted by molar-refractivity contribution is 0.0526. The standard InChI is InChI=1S/C33H38N8O4/c1-33(2,3)45-32(44)36-15-14-34-30(42)22-10-12-24-26(18-22)39-28(37-24)20-6-8-21(9-7-20)29-38-25-13-11-23(19-27(25)40-29)31(43)35-16-17-41(4)5/h6-13,18-19H,14-17H2,1-5H3,(H,34,42)(H,35,43)(H,36,44)(H,37,39)(H,38,40). The molecule has 0 aliphatic carbocycles. The van der Waals surface area contributed by atoms with Gasteiger partial charge in [-0.3, -0.25) is 9.59 Å². The number of aromatic amines is 2. The van der Waals surface area contributed by atoms with Crippen molar-refractivity contribution in [2.24, 2.45) is 0 Å². The van der Waals surface area contributed by atoms with E-state index in [1.807, 2.05) is 55.4 Å². The molecule has 0 saturated heterocycles. The molecule has 0 atom stereocenters. The van der Waals surface area contributed by atoms with Gasteiger partial charge in [0.15, 0.2) is 0 Å². The zero-order valence-corrected chi connectivity index (χ0v) is 26.1. The highest BCUT2D eigenvalue weighted by atomic mass is 16.6. The first-order valence-corrected chi connectivity index (χ1v) is 14.7. The van der Waals surface area contributed by atoms with Crippen LogP contribution in [0.15, 0.2) is 60.7 Å². The number of ether oxygens (including phenoxy) is 1. The third-order valence-corrected chi connectivity index (χ3v) is 6.84. The summed E-state index contributed by atoms with van der Waals surface area (Å²) in [5, 5.41) is 8.35. The average Bonchev–Trinajstić information content (AvgIpc) is 3.62. The van der Waals surface area contributed by atoms with Crippen LogP contribution in [0.2, 0.25) is 0 Å². The van der Waals surface area contributed by atoms with Crippen LogP contribution in [0.1, 0.15) is 41.5 Å². The Morgan fingerprint density at radius 2 is 1.18 bits per heavy atom. The Bertz CT molecular complexity index is 1830.